The first kappa shape index (κ1) is 27.2. The third-order valence-corrected chi connectivity index (χ3v) is 8.42. The number of methoxy groups -OCH3 is 1. The lowest BCUT2D eigenvalue weighted by Crippen LogP contribution is -2.43. The first-order chi connectivity index (χ1) is 17.6. The van der Waals surface area contributed by atoms with Gasteiger partial charge in [-0.15, -0.1) is 23.1 Å². The van der Waals surface area contributed by atoms with Gasteiger partial charge in [0, 0.05) is 28.9 Å². The molecule has 10 heteroatoms. The highest BCUT2D eigenvalue weighted by Crippen LogP contribution is 2.49. The molecular weight excluding hydrogens is 506 g/mol. The van der Waals surface area contributed by atoms with Crippen molar-refractivity contribution in [2.24, 2.45) is 0 Å². The molecule has 3 heterocycles. The van der Waals surface area contributed by atoms with Crippen LogP contribution in [0.2, 0.25) is 0 Å². The Morgan fingerprint density at radius 1 is 1.22 bits per heavy atom. The molecule has 0 radical (unpaired) electrons. The van der Waals surface area contributed by atoms with Gasteiger partial charge >= 0.3 is 0 Å². The Balaban J connectivity index is 1.88. The number of nitrogens with one attached hydrogen (secondary N) is 1. The van der Waals surface area contributed by atoms with E-state index in [1.165, 1.54) is 0 Å². The number of thioether (sulfide) groups is 1. The van der Waals surface area contributed by atoms with Crippen LogP contribution in [0.1, 0.15) is 42.2 Å². The van der Waals surface area contributed by atoms with E-state index in [2.05, 4.69) is 37.5 Å². The molecule has 2 aromatic heterocycles. The Bertz CT molecular complexity index is 1230. The SMILES string of the molecule is COc1ccc(-n2nc(C(C)(C)C)c3c2N(CC(=O)NCCN(C)C)C(=O)CS[C@H]3c2cccs2)cc1. The van der Waals surface area contributed by atoms with Gasteiger partial charge in [0.2, 0.25) is 11.8 Å². The highest BCUT2D eigenvalue weighted by molar-refractivity contribution is 8.00. The molecule has 0 saturated heterocycles. The molecule has 4 rings (SSSR count). The Morgan fingerprint density at radius 2 is 1.95 bits per heavy atom. The molecule has 0 bridgehead atoms. The lowest BCUT2D eigenvalue weighted by molar-refractivity contribution is -0.122. The van der Waals surface area contributed by atoms with E-state index < -0.39 is 0 Å². The third-order valence-electron chi connectivity index (χ3n) is 6.10. The zero-order valence-electron chi connectivity index (χ0n) is 22.3. The fourth-order valence-corrected chi connectivity index (χ4v) is 6.44. The van der Waals surface area contributed by atoms with Crippen LogP contribution < -0.4 is 15.0 Å². The molecule has 2 amide bonds. The molecule has 1 atom stereocenters. The second-order valence-electron chi connectivity index (χ2n) is 10.3. The first-order valence-corrected chi connectivity index (χ1v) is 14.2. The predicted octanol–water partition coefficient (Wildman–Crippen LogP) is 4.09. The molecule has 0 unspecified atom stereocenters. The van der Waals surface area contributed by atoms with Crippen molar-refractivity contribution < 1.29 is 14.3 Å². The van der Waals surface area contributed by atoms with E-state index in [1.54, 1.807) is 35.1 Å². The number of hydrogen-bond acceptors (Lipinski definition) is 7. The van der Waals surface area contributed by atoms with E-state index in [0.29, 0.717) is 12.4 Å². The molecule has 198 valence electrons. The quantitative estimate of drug-likeness (QED) is 0.463. The monoisotopic (exact) mass is 541 g/mol. The molecule has 0 fully saturated rings. The van der Waals surface area contributed by atoms with E-state index in [0.717, 1.165) is 34.1 Å². The lowest BCUT2D eigenvalue weighted by Gasteiger charge is -2.24. The van der Waals surface area contributed by atoms with Crippen LogP contribution in [0.15, 0.2) is 41.8 Å². The van der Waals surface area contributed by atoms with Crippen LogP contribution >= 0.6 is 23.1 Å². The van der Waals surface area contributed by atoms with Gasteiger partial charge < -0.3 is 15.0 Å². The topological polar surface area (TPSA) is 79.7 Å². The number of carbonyl (C=O) groups is 2. The maximum absolute atomic E-state index is 13.6. The summed E-state index contributed by atoms with van der Waals surface area (Å²) >= 11 is 3.27. The molecule has 0 spiro atoms. The molecule has 1 N–H and O–H groups in total. The summed E-state index contributed by atoms with van der Waals surface area (Å²) in [5.74, 6) is 1.36. The maximum atomic E-state index is 13.6. The minimum atomic E-state index is -0.287. The van der Waals surface area contributed by atoms with Gasteiger partial charge in [-0.2, -0.15) is 5.10 Å². The van der Waals surface area contributed by atoms with Crippen LogP contribution in [-0.4, -0.2) is 73.1 Å². The summed E-state index contributed by atoms with van der Waals surface area (Å²) in [7, 11) is 5.55. The standard InChI is InChI=1S/C27H35N5O3S2/c1-27(2,3)25-23-24(20-8-7-15-36-20)37-17-22(34)31(16-21(33)28-13-14-30(4)5)26(23)32(29-25)18-9-11-19(35-6)12-10-18/h7-12,15,24H,13-14,16-17H2,1-6H3,(H,28,33)/t24-/m0/s1. The first-order valence-electron chi connectivity index (χ1n) is 12.2. The van der Waals surface area contributed by atoms with Gasteiger partial charge in [0.15, 0.2) is 0 Å². The molecule has 0 saturated carbocycles. The second-order valence-corrected chi connectivity index (χ2v) is 12.4. The number of anilines is 1. The van der Waals surface area contributed by atoms with Crippen molar-refractivity contribution in [2.45, 2.75) is 31.4 Å². The number of aromatic nitrogens is 2. The number of carbonyl (C=O) groups excluding carboxylic acids is 2. The number of benzene rings is 1. The van der Waals surface area contributed by atoms with Crippen LogP contribution in [0.25, 0.3) is 5.69 Å². The van der Waals surface area contributed by atoms with Crippen molar-refractivity contribution >= 4 is 40.7 Å². The zero-order chi connectivity index (χ0) is 26.7. The summed E-state index contributed by atoms with van der Waals surface area (Å²) < 4.78 is 7.18. The van der Waals surface area contributed by atoms with Gasteiger partial charge in [0.25, 0.3) is 0 Å². The van der Waals surface area contributed by atoms with Crippen molar-refractivity contribution in [1.29, 1.82) is 0 Å². The van der Waals surface area contributed by atoms with Crippen molar-refractivity contribution in [3.8, 4) is 11.4 Å². The van der Waals surface area contributed by atoms with Gasteiger partial charge in [0.05, 0.1) is 29.5 Å². The van der Waals surface area contributed by atoms with Crippen LogP contribution in [0.3, 0.4) is 0 Å². The maximum Gasteiger partial charge on any atom is 0.240 e. The highest BCUT2D eigenvalue weighted by Gasteiger charge is 2.40. The Morgan fingerprint density at radius 3 is 2.54 bits per heavy atom. The fourth-order valence-electron chi connectivity index (χ4n) is 4.26. The Labute approximate surface area is 227 Å². The van der Waals surface area contributed by atoms with Crippen molar-refractivity contribution in [1.82, 2.24) is 20.0 Å². The average Bonchev–Trinajstić information content (AvgIpc) is 3.49. The van der Waals surface area contributed by atoms with E-state index in [1.807, 2.05) is 54.0 Å². The summed E-state index contributed by atoms with van der Waals surface area (Å²) in [6.45, 7) is 7.57. The highest BCUT2D eigenvalue weighted by atomic mass is 32.2. The zero-order valence-corrected chi connectivity index (χ0v) is 23.9. The summed E-state index contributed by atoms with van der Waals surface area (Å²) in [5.41, 5.74) is 2.42. The Hall–Kier alpha value is -2.82. The number of hydrogen-bond donors (Lipinski definition) is 1. The van der Waals surface area contributed by atoms with Gasteiger partial charge in [0.1, 0.15) is 18.1 Å². The largest absolute Gasteiger partial charge is 0.497 e. The minimum Gasteiger partial charge on any atom is -0.497 e. The summed E-state index contributed by atoms with van der Waals surface area (Å²) in [6.07, 6.45) is 0. The van der Waals surface area contributed by atoms with Crippen LogP contribution in [0, 0.1) is 0 Å². The van der Waals surface area contributed by atoms with Crippen molar-refractivity contribution in [3.05, 3.63) is 57.9 Å². The van der Waals surface area contributed by atoms with E-state index in [-0.39, 0.29) is 34.8 Å². The number of nitrogens with zero attached hydrogens (tertiary/aromatic N) is 4. The summed E-state index contributed by atoms with van der Waals surface area (Å²) in [6, 6.07) is 11.8. The number of fused-ring (bicyclic) bond motifs is 1. The number of ether oxygens (including phenoxy) is 1. The smallest absolute Gasteiger partial charge is 0.240 e. The average molecular weight is 542 g/mol. The number of likely N-dealkylation sites (N-methyl/N-ethyl adjacent to an activating group) is 1. The number of rotatable bonds is 8. The van der Waals surface area contributed by atoms with Crippen LogP contribution in [-0.2, 0) is 15.0 Å². The molecule has 3 aromatic rings. The van der Waals surface area contributed by atoms with Crippen molar-refractivity contribution in [3.63, 3.8) is 0 Å². The minimum absolute atomic E-state index is 0.0671. The predicted molar refractivity (Wildman–Crippen MR) is 151 cm³/mol. The van der Waals surface area contributed by atoms with E-state index in [9.17, 15) is 9.59 Å². The van der Waals surface area contributed by atoms with Crippen LogP contribution in [0.5, 0.6) is 5.75 Å². The molecular formula is C27H35N5O3S2. The Kier molecular flexibility index (Phi) is 8.30. The van der Waals surface area contributed by atoms with Gasteiger partial charge in [-0.05, 0) is 49.8 Å². The van der Waals surface area contributed by atoms with E-state index >= 15 is 0 Å². The third kappa shape index (κ3) is 6.02. The summed E-state index contributed by atoms with van der Waals surface area (Å²) in [4.78, 5) is 31.4. The fraction of sp³-hybridized carbons (Fsp3) is 0.444. The molecule has 37 heavy (non-hydrogen) atoms. The van der Waals surface area contributed by atoms with Gasteiger partial charge in [-0.3, -0.25) is 14.5 Å². The normalized spacial score (nSPS) is 16.0. The lowest BCUT2D eigenvalue weighted by atomic mass is 9.88. The van der Waals surface area contributed by atoms with Crippen LogP contribution in [0.4, 0.5) is 5.82 Å². The van der Waals surface area contributed by atoms with Crippen molar-refractivity contribution in [2.75, 3.05) is 51.5 Å². The number of thiophene rings is 1. The van der Waals surface area contributed by atoms with Gasteiger partial charge in [-0.1, -0.05) is 26.8 Å². The molecule has 1 aliphatic heterocycles. The number of amides is 2. The molecule has 0 aliphatic carbocycles. The molecule has 1 aliphatic rings. The van der Waals surface area contributed by atoms with E-state index in [4.69, 9.17) is 9.84 Å². The van der Waals surface area contributed by atoms with Gasteiger partial charge in [-0.25, -0.2) is 4.68 Å². The molecule has 1 aromatic carbocycles. The molecule has 8 nitrogen and oxygen atoms in total. The second kappa shape index (κ2) is 11.3. The summed E-state index contributed by atoms with van der Waals surface area (Å²) in [5, 5.41) is 10.1.